The van der Waals surface area contributed by atoms with E-state index in [4.69, 9.17) is 42.3 Å². The standard InChI is InChI=1S/C45H46O23/c46-15-27-31(52)32(53)40(67-42(59)19-6-10-21(50)11-7-19)45(63-27)62-25-3-1-2-24-30(51)23-13-12-22(14-26(23)61-37(24)25)60-43-35(56)34(55)39(29(17-48)64-43)68-44-36(57)33(54)38(28(16-47)65-44)66-41(58)18-4-8-20(49)9-5-18/h1-14,27-29,31-36,38-40,43-50,52-57H,15-17H2. The molecule has 15 unspecified atom stereocenters. The van der Waals surface area contributed by atoms with Crippen LogP contribution in [0.2, 0.25) is 0 Å². The first-order valence-electron chi connectivity index (χ1n) is 21.0. The van der Waals surface area contributed by atoms with Gasteiger partial charge in [-0.05, 0) is 72.8 Å². The molecule has 23 nitrogen and oxygen atoms in total. The summed E-state index contributed by atoms with van der Waals surface area (Å²) in [5.74, 6) is -2.52. The molecule has 11 N–H and O–H groups in total. The van der Waals surface area contributed by atoms with Gasteiger partial charge in [0.15, 0.2) is 29.8 Å². The Morgan fingerprint density at radius 2 is 1.06 bits per heavy atom. The summed E-state index contributed by atoms with van der Waals surface area (Å²) in [4.78, 5) is 39.6. The summed E-state index contributed by atoms with van der Waals surface area (Å²) < 4.78 is 51.7. The number of aliphatic hydroxyl groups excluding tert-OH is 9. The third kappa shape index (κ3) is 9.65. The van der Waals surface area contributed by atoms with Gasteiger partial charge in [-0.25, -0.2) is 9.59 Å². The Morgan fingerprint density at radius 1 is 0.529 bits per heavy atom. The Bertz CT molecular complexity index is 2620. The zero-order chi connectivity index (χ0) is 48.6. The highest BCUT2D eigenvalue weighted by Gasteiger charge is 2.53. The maximum absolute atomic E-state index is 13.8. The number of phenolic OH excluding ortho intramolecular Hbond substituents is 2. The minimum absolute atomic E-state index is 0.00194. The molecular formula is C45H46O23. The summed E-state index contributed by atoms with van der Waals surface area (Å²) in [6.45, 7) is -2.50. The van der Waals surface area contributed by atoms with Crippen LogP contribution in [0.3, 0.4) is 0 Å². The second kappa shape index (κ2) is 20.3. The van der Waals surface area contributed by atoms with Crippen LogP contribution < -0.4 is 14.9 Å². The van der Waals surface area contributed by atoms with Crippen molar-refractivity contribution in [2.24, 2.45) is 0 Å². The molecule has 15 atom stereocenters. The van der Waals surface area contributed by atoms with Crippen molar-refractivity contribution < 1.29 is 108 Å². The second-order valence-electron chi connectivity index (χ2n) is 16.0. The Kier molecular flexibility index (Phi) is 14.4. The molecule has 4 heterocycles. The number of carbonyl (C=O) groups is 2. The first kappa shape index (κ1) is 48.4. The van der Waals surface area contributed by atoms with Gasteiger partial charge in [0.1, 0.15) is 83.9 Å². The molecule has 3 aliphatic rings. The Labute approximate surface area is 382 Å². The van der Waals surface area contributed by atoms with Gasteiger partial charge < -0.3 is 98.5 Å². The summed E-state index contributed by atoms with van der Waals surface area (Å²) in [5.41, 5.74) is -0.919. The molecule has 0 amide bonds. The predicted molar refractivity (Wildman–Crippen MR) is 224 cm³/mol. The maximum atomic E-state index is 13.8. The van der Waals surface area contributed by atoms with Crippen LogP contribution in [0.4, 0.5) is 0 Å². The average Bonchev–Trinajstić information content (AvgIpc) is 3.33. The highest BCUT2D eigenvalue weighted by Crippen LogP contribution is 2.35. The van der Waals surface area contributed by atoms with Gasteiger partial charge in [0.05, 0.1) is 41.7 Å². The highest BCUT2D eigenvalue weighted by molar-refractivity contribution is 5.93. The molecule has 1 aromatic heterocycles. The molecule has 68 heavy (non-hydrogen) atoms. The third-order valence-electron chi connectivity index (χ3n) is 11.6. The maximum Gasteiger partial charge on any atom is 0.338 e. The van der Waals surface area contributed by atoms with Crippen LogP contribution in [0, 0.1) is 0 Å². The van der Waals surface area contributed by atoms with Crippen LogP contribution in [-0.2, 0) is 28.4 Å². The molecular weight excluding hydrogens is 908 g/mol. The van der Waals surface area contributed by atoms with Gasteiger partial charge in [0, 0.05) is 6.07 Å². The van der Waals surface area contributed by atoms with E-state index >= 15 is 0 Å². The molecule has 364 valence electrons. The smallest absolute Gasteiger partial charge is 0.338 e. The number of hydrogen-bond acceptors (Lipinski definition) is 23. The normalized spacial score (nSPS) is 31.8. The van der Waals surface area contributed by atoms with Crippen molar-refractivity contribution in [3.8, 4) is 23.0 Å². The number of para-hydroxylation sites is 1. The van der Waals surface area contributed by atoms with Crippen LogP contribution in [0.25, 0.3) is 21.9 Å². The van der Waals surface area contributed by atoms with E-state index in [-0.39, 0.29) is 56.1 Å². The predicted octanol–water partition coefficient (Wildman–Crippen LogP) is -1.73. The minimum atomic E-state index is -1.98. The SMILES string of the molecule is O=C(OC1C(CO)OC(OC2C(CO)OC(Oc3ccc4c(=O)c5cccc(OC6OC(CO)C(O)C(O)C6OC(=O)c6ccc(O)cc6)c5oc4c3)C(O)C2O)C(O)C1O)c1ccc(O)cc1. The monoisotopic (exact) mass is 954 g/mol. The fraction of sp³-hybridized carbons (Fsp3) is 0.400. The molecule has 4 aromatic carbocycles. The van der Waals surface area contributed by atoms with Gasteiger partial charge in [0.2, 0.25) is 18.0 Å². The lowest BCUT2D eigenvalue weighted by molar-refractivity contribution is -0.352. The summed E-state index contributed by atoms with van der Waals surface area (Å²) >= 11 is 0. The Morgan fingerprint density at radius 3 is 1.68 bits per heavy atom. The quantitative estimate of drug-likeness (QED) is 0.0461. The zero-order valence-corrected chi connectivity index (χ0v) is 35.2. The van der Waals surface area contributed by atoms with E-state index < -0.39 is 129 Å². The van der Waals surface area contributed by atoms with Crippen molar-refractivity contribution >= 4 is 33.9 Å². The number of hydrogen-bond donors (Lipinski definition) is 11. The number of benzene rings is 4. The number of esters is 2. The highest BCUT2D eigenvalue weighted by atomic mass is 16.7. The fourth-order valence-electron chi connectivity index (χ4n) is 7.89. The number of carbonyl (C=O) groups excluding carboxylic acids is 2. The molecule has 0 bridgehead atoms. The molecule has 0 saturated carbocycles. The van der Waals surface area contributed by atoms with Crippen LogP contribution in [0.1, 0.15) is 20.7 Å². The number of ether oxygens (including phenoxy) is 8. The number of rotatable bonds is 13. The number of fused-ring (bicyclic) bond motifs is 2. The lowest BCUT2D eigenvalue weighted by Gasteiger charge is -2.46. The van der Waals surface area contributed by atoms with Crippen LogP contribution in [-0.4, -0.2) is 180 Å². The van der Waals surface area contributed by atoms with Crippen molar-refractivity contribution in [2.75, 3.05) is 19.8 Å². The minimum Gasteiger partial charge on any atom is -0.508 e. The van der Waals surface area contributed by atoms with Crippen molar-refractivity contribution in [3.05, 3.63) is 106 Å². The number of aromatic hydroxyl groups is 2. The second-order valence-corrected chi connectivity index (χ2v) is 16.0. The number of phenols is 2. The van der Waals surface area contributed by atoms with E-state index in [1.54, 1.807) is 0 Å². The van der Waals surface area contributed by atoms with Gasteiger partial charge in [-0.15, -0.1) is 0 Å². The van der Waals surface area contributed by atoms with Gasteiger partial charge in [-0.1, -0.05) is 6.07 Å². The number of aliphatic hydroxyl groups is 9. The first-order chi connectivity index (χ1) is 32.6. The largest absolute Gasteiger partial charge is 0.508 e. The van der Waals surface area contributed by atoms with E-state index in [0.717, 1.165) is 0 Å². The summed E-state index contributed by atoms with van der Waals surface area (Å²) in [6.07, 6.45) is -26.0. The molecule has 0 radical (unpaired) electrons. The van der Waals surface area contributed by atoms with Crippen molar-refractivity contribution in [3.63, 3.8) is 0 Å². The molecule has 0 aliphatic carbocycles. The molecule has 3 saturated heterocycles. The molecule has 0 spiro atoms. The van der Waals surface area contributed by atoms with Crippen LogP contribution in [0.5, 0.6) is 23.0 Å². The van der Waals surface area contributed by atoms with E-state index in [1.807, 2.05) is 0 Å². The van der Waals surface area contributed by atoms with E-state index in [2.05, 4.69) is 0 Å². The summed E-state index contributed by atoms with van der Waals surface area (Å²) in [6, 6.07) is 18.0. The summed E-state index contributed by atoms with van der Waals surface area (Å²) in [5, 5.41) is 115. The van der Waals surface area contributed by atoms with Gasteiger partial charge >= 0.3 is 11.9 Å². The summed E-state index contributed by atoms with van der Waals surface area (Å²) in [7, 11) is 0. The molecule has 3 aliphatic heterocycles. The molecule has 8 rings (SSSR count). The third-order valence-corrected chi connectivity index (χ3v) is 11.6. The van der Waals surface area contributed by atoms with Gasteiger partial charge in [-0.3, -0.25) is 4.79 Å². The fourth-order valence-corrected chi connectivity index (χ4v) is 7.89. The van der Waals surface area contributed by atoms with Crippen molar-refractivity contribution in [1.82, 2.24) is 0 Å². The lowest BCUT2D eigenvalue weighted by Crippen LogP contribution is -2.65. The Hall–Kier alpha value is -6.03. The van der Waals surface area contributed by atoms with Crippen molar-refractivity contribution in [2.45, 2.75) is 92.1 Å². The average molecular weight is 955 g/mol. The molecule has 5 aromatic rings. The van der Waals surface area contributed by atoms with Crippen LogP contribution >= 0.6 is 0 Å². The van der Waals surface area contributed by atoms with E-state index in [0.29, 0.717) is 0 Å². The zero-order valence-electron chi connectivity index (χ0n) is 35.2. The Balaban J connectivity index is 0.985. The topological polar surface area (TPSA) is 361 Å². The van der Waals surface area contributed by atoms with Crippen molar-refractivity contribution in [1.29, 1.82) is 0 Å². The van der Waals surface area contributed by atoms with E-state index in [1.165, 1.54) is 84.9 Å². The molecule has 3 fully saturated rings. The van der Waals surface area contributed by atoms with Crippen LogP contribution in [0.15, 0.2) is 94.1 Å². The first-order valence-corrected chi connectivity index (χ1v) is 21.0. The lowest BCUT2D eigenvalue weighted by atomic mass is 9.96. The van der Waals surface area contributed by atoms with E-state index in [9.17, 15) is 70.6 Å². The van der Waals surface area contributed by atoms with Gasteiger partial charge in [-0.2, -0.15) is 0 Å². The molecule has 23 heteroatoms. The van der Waals surface area contributed by atoms with Gasteiger partial charge in [0.25, 0.3) is 0 Å².